The minimum Gasteiger partial charge on any atom is -0.367 e. The van der Waals surface area contributed by atoms with Crippen LogP contribution in [0.2, 0.25) is 0 Å². The molecule has 0 amide bonds. The summed E-state index contributed by atoms with van der Waals surface area (Å²) in [5, 5.41) is 3.49. The molecular weight excluding hydrogens is 214 g/mol. The SMILES string of the molecule is CCc1nc(NC(C2CC2)C2CC2)cc(=O)[nH]1. The lowest BCUT2D eigenvalue weighted by Gasteiger charge is -2.18. The van der Waals surface area contributed by atoms with Gasteiger partial charge in [0.05, 0.1) is 0 Å². The summed E-state index contributed by atoms with van der Waals surface area (Å²) in [7, 11) is 0. The van der Waals surface area contributed by atoms with Crippen LogP contribution in [0.15, 0.2) is 10.9 Å². The lowest BCUT2D eigenvalue weighted by Crippen LogP contribution is -2.26. The van der Waals surface area contributed by atoms with Crippen LogP contribution < -0.4 is 10.9 Å². The molecule has 2 aliphatic rings. The third kappa shape index (κ3) is 2.51. The second kappa shape index (κ2) is 4.17. The Morgan fingerprint density at radius 2 is 2.06 bits per heavy atom. The summed E-state index contributed by atoms with van der Waals surface area (Å²) in [6.07, 6.45) is 6.09. The fraction of sp³-hybridized carbons (Fsp3) is 0.692. The molecule has 17 heavy (non-hydrogen) atoms. The Hall–Kier alpha value is -1.32. The van der Waals surface area contributed by atoms with Crippen LogP contribution >= 0.6 is 0 Å². The van der Waals surface area contributed by atoms with Crippen molar-refractivity contribution in [3.63, 3.8) is 0 Å². The van der Waals surface area contributed by atoms with Gasteiger partial charge in [-0.25, -0.2) is 4.98 Å². The number of aromatic amines is 1. The molecule has 2 aliphatic carbocycles. The van der Waals surface area contributed by atoms with E-state index in [0.717, 1.165) is 29.9 Å². The lowest BCUT2D eigenvalue weighted by atomic mass is 10.1. The zero-order chi connectivity index (χ0) is 11.8. The number of hydrogen-bond donors (Lipinski definition) is 2. The molecule has 4 heteroatoms. The van der Waals surface area contributed by atoms with Gasteiger partial charge in [-0.05, 0) is 37.5 Å². The molecule has 92 valence electrons. The number of aromatic nitrogens is 2. The van der Waals surface area contributed by atoms with Gasteiger partial charge in [0.1, 0.15) is 11.6 Å². The van der Waals surface area contributed by atoms with Crippen molar-refractivity contribution in [1.82, 2.24) is 9.97 Å². The molecule has 2 fully saturated rings. The first kappa shape index (κ1) is 10.8. The van der Waals surface area contributed by atoms with Gasteiger partial charge in [0, 0.05) is 18.5 Å². The van der Waals surface area contributed by atoms with E-state index in [1.807, 2.05) is 6.92 Å². The van der Waals surface area contributed by atoms with Crippen LogP contribution in [0.1, 0.15) is 38.4 Å². The topological polar surface area (TPSA) is 57.8 Å². The van der Waals surface area contributed by atoms with Crippen LogP contribution in [0.5, 0.6) is 0 Å². The molecule has 0 atom stereocenters. The highest BCUT2D eigenvalue weighted by atomic mass is 16.1. The number of rotatable bonds is 5. The van der Waals surface area contributed by atoms with E-state index in [-0.39, 0.29) is 5.56 Å². The van der Waals surface area contributed by atoms with Crippen molar-refractivity contribution >= 4 is 5.82 Å². The first-order valence-corrected chi connectivity index (χ1v) is 6.63. The van der Waals surface area contributed by atoms with Gasteiger partial charge < -0.3 is 10.3 Å². The molecule has 0 saturated heterocycles. The Morgan fingerprint density at radius 1 is 1.41 bits per heavy atom. The maximum atomic E-state index is 11.5. The van der Waals surface area contributed by atoms with Gasteiger partial charge in [-0.2, -0.15) is 0 Å². The quantitative estimate of drug-likeness (QED) is 0.817. The molecule has 0 unspecified atom stereocenters. The van der Waals surface area contributed by atoms with Gasteiger partial charge >= 0.3 is 0 Å². The Labute approximate surface area is 101 Å². The van der Waals surface area contributed by atoms with Crippen LogP contribution in [0.3, 0.4) is 0 Å². The molecule has 0 bridgehead atoms. The highest BCUT2D eigenvalue weighted by Gasteiger charge is 2.41. The van der Waals surface area contributed by atoms with Gasteiger partial charge in [-0.1, -0.05) is 6.92 Å². The van der Waals surface area contributed by atoms with E-state index < -0.39 is 0 Å². The van der Waals surface area contributed by atoms with Crippen LogP contribution in [0, 0.1) is 11.8 Å². The number of nitrogens with one attached hydrogen (secondary N) is 2. The molecule has 2 N–H and O–H groups in total. The van der Waals surface area contributed by atoms with E-state index in [0.29, 0.717) is 6.04 Å². The third-order valence-electron chi connectivity index (χ3n) is 3.70. The number of anilines is 1. The minimum atomic E-state index is -0.0512. The summed E-state index contributed by atoms with van der Waals surface area (Å²) in [6.45, 7) is 2.00. The molecule has 0 aliphatic heterocycles. The van der Waals surface area contributed by atoms with Crippen molar-refractivity contribution in [1.29, 1.82) is 0 Å². The number of H-pyrrole nitrogens is 1. The standard InChI is InChI=1S/C13H19N3O/c1-2-10-14-11(7-12(17)15-10)16-13(8-3-4-8)9-5-6-9/h7-9,13H,2-6H2,1H3,(H2,14,15,16,17). The molecule has 1 heterocycles. The van der Waals surface area contributed by atoms with Gasteiger partial charge in [0.15, 0.2) is 0 Å². The van der Waals surface area contributed by atoms with Crippen molar-refractivity contribution in [3.8, 4) is 0 Å². The maximum absolute atomic E-state index is 11.5. The second-order valence-electron chi connectivity index (χ2n) is 5.28. The summed E-state index contributed by atoms with van der Waals surface area (Å²) < 4.78 is 0. The van der Waals surface area contributed by atoms with E-state index in [2.05, 4.69) is 15.3 Å². The normalized spacial score (nSPS) is 19.6. The Kier molecular flexibility index (Phi) is 2.65. The highest BCUT2D eigenvalue weighted by Crippen LogP contribution is 2.45. The van der Waals surface area contributed by atoms with E-state index in [1.165, 1.54) is 25.7 Å². The molecule has 1 aromatic rings. The van der Waals surface area contributed by atoms with Gasteiger partial charge in [0.25, 0.3) is 5.56 Å². The molecule has 0 aromatic carbocycles. The average molecular weight is 233 g/mol. The van der Waals surface area contributed by atoms with Crippen molar-refractivity contribution in [2.75, 3.05) is 5.32 Å². The van der Waals surface area contributed by atoms with E-state index in [4.69, 9.17) is 0 Å². The molecule has 0 radical (unpaired) electrons. The Morgan fingerprint density at radius 3 is 2.59 bits per heavy atom. The fourth-order valence-corrected chi connectivity index (χ4v) is 2.45. The Balaban J connectivity index is 1.78. The van der Waals surface area contributed by atoms with Crippen molar-refractivity contribution in [3.05, 3.63) is 22.2 Å². The van der Waals surface area contributed by atoms with E-state index >= 15 is 0 Å². The van der Waals surface area contributed by atoms with Crippen molar-refractivity contribution in [2.24, 2.45) is 11.8 Å². The average Bonchev–Trinajstić information content (AvgIpc) is 3.16. The first-order valence-electron chi connectivity index (χ1n) is 6.63. The van der Waals surface area contributed by atoms with Gasteiger partial charge in [0.2, 0.25) is 0 Å². The van der Waals surface area contributed by atoms with Gasteiger partial charge in [-0.15, -0.1) is 0 Å². The fourth-order valence-electron chi connectivity index (χ4n) is 2.45. The van der Waals surface area contributed by atoms with Crippen LogP contribution in [0.4, 0.5) is 5.82 Å². The predicted octanol–water partition coefficient (Wildman–Crippen LogP) is 1.93. The zero-order valence-electron chi connectivity index (χ0n) is 10.2. The summed E-state index contributed by atoms with van der Waals surface area (Å²) in [6, 6.07) is 2.13. The Bertz CT molecular complexity index is 448. The summed E-state index contributed by atoms with van der Waals surface area (Å²) in [5.74, 6) is 3.15. The number of aryl methyl sites for hydroxylation is 1. The molecule has 0 spiro atoms. The molecular formula is C13H19N3O. The lowest BCUT2D eigenvalue weighted by molar-refractivity contribution is 0.565. The highest BCUT2D eigenvalue weighted by molar-refractivity contribution is 5.36. The predicted molar refractivity (Wildman–Crippen MR) is 67.1 cm³/mol. The van der Waals surface area contributed by atoms with E-state index in [9.17, 15) is 4.79 Å². The van der Waals surface area contributed by atoms with Gasteiger partial charge in [-0.3, -0.25) is 4.79 Å². The summed E-state index contributed by atoms with van der Waals surface area (Å²) >= 11 is 0. The summed E-state index contributed by atoms with van der Waals surface area (Å²) in [4.78, 5) is 18.7. The summed E-state index contributed by atoms with van der Waals surface area (Å²) in [5.41, 5.74) is -0.0512. The molecule has 2 saturated carbocycles. The molecule has 1 aromatic heterocycles. The second-order valence-corrected chi connectivity index (χ2v) is 5.28. The largest absolute Gasteiger partial charge is 0.367 e. The van der Waals surface area contributed by atoms with Crippen LogP contribution in [-0.4, -0.2) is 16.0 Å². The number of hydrogen-bond acceptors (Lipinski definition) is 3. The third-order valence-corrected chi connectivity index (χ3v) is 3.70. The van der Waals surface area contributed by atoms with Crippen LogP contribution in [-0.2, 0) is 6.42 Å². The smallest absolute Gasteiger partial charge is 0.252 e. The minimum absolute atomic E-state index is 0.0512. The molecule has 3 rings (SSSR count). The molecule has 4 nitrogen and oxygen atoms in total. The zero-order valence-corrected chi connectivity index (χ0v) is 10.2. The monoisotopic (exact) mass is 233 g/mol. The first-order chi connectivity index (χ1) is 8.26. The van der Waals surface area contributed by atoms with Crippen molar-refractivity contribution in [2.45, 2.75) is 45.1 Å². The maximum Gasteiger partial charge on any atom is 0.252 e. The number of nitrogens with zero attached hydrogens (tertiary/aromatic N) is 1. The van der Waals surface area contributed by atoms with E-state index in [1.54, 1.807) is 6.07 Å². The van der Waals surface area contributed by atoms with Crippen molar-refractivity contribution < 1.29 is 0 Å². The van der Waals surface area contributed by atoms with Crippen LogP contribution in [0.25, 0.3) is 0 Å².